The number of hydrogen-bond donors (Lipinski definition) is 1. The number of hydrogen-bond acceptors (Lipinski definition) is 3. The molecule has 1 N–H and O–H groups in total. The van der Waals surface area contributed by atoms with Gasteiger partial charge in [-0.2, -0.15) is 0 Å². The fourth-order valence-corrected chi connectivity index (χ4v) is 3.42. The van der Waals surface area contributed by atoms with Crippen LogP contribution in [0.25, 0.3) is 16.2 Å². The zero-order valence-corrected chi connectivity index (χ0v) is 14.5. The molecule has 120 valence electrons. The molecule has 0 atom stereocenters. The van der Waals surface area contributed by atoms with Crippen molar-refractivity contribution in [2.75, 3.05) is 0 Å². The number of imidazole rings is 1. The largest absolute Gasteiger partial charge is 0.354 e. The SMILES string of the molecule is CCc1ccc(-c2cn3c(CC(=O)NC(C)C)csc3n2)cc1. The highest BCUT2D eigenvalue weighted by atomic mass is 32.1. The summed E-state index contributed by atoms with van der Waals surface area (Å²) in [5, 5.41) is 4.93. The minimum atomic E-state index is 0.0437. The zero-order chi connectivity index (χ0) is 16.4. The molecule has 0 saturated carbocycles. The van der Waals surface area contributed by atoms with Crippen molar-refractivity contribution in [3.8, 4) is 11.3 Å². The lowest BCUT2D eigenvalue weighted by Gasteiger charge is -2.07. The third-order valence-electron chi connectivity index (χ3n) is 3.73. The lowest BCUT2D eigenvalue weighted by atomic mass is 10.1. The van der Waals surface area contributed by atoms with Crippen LogP contribution < -0.4 is 5.32 Å². The Labute approximate surface area is 140 Å². The number of amides is 1. The van der Waals surface area contributed by atoms with Gasteiger partial charge < -0.3 is 5.32 Å². The van der Waals surface area contributed by atoms with E-state index in [2.05, 4.69) is 41.5 Å². The lowest BCUT2D eigenvalue weighted by molar-refractivity contribution is -0.120. The second-order valence-corrected chi connectivity index (χ2v) is 6.79. The molecule has 0 aliphatic rings. The van der Waals surface area contributed by atoms with Crippen LogP contribution in [0.5, 0.6) is 0 Å². The first-order valence-electron chi connectivity index (χ1n) is 7.91. The van der Waals surface area contributed by atoms with Gasteiger partial charge in [0.2, 0.25) is 5.91 Å². The Morgan fingerprint density at radius 2 is 2.04 bits per heavy atom. The van der Waals surface area contributed by atoms with Gasteiger partial charge in [0.1, 0.15) is 0 Å². The van der Waals surface area contributed by atoms with Crippen LogP contribution in [-0.2, 0) is 17.6 Å². The molecule has 0 radical (unpaired) electrons. The number of rotatable bonds is 5. The predicted octanol–water partition coefficient (Wildman–Crippen LogP) is 3.69. The molecule has 5 heteroatoms. The minimum Gasteiger partial charge on any atom is -0.354 e. The van der Waals surface area contributed by atoms with E-state index >= 15 is 0 Å². The molecule has 23 heavy (non-hydrogen) atoms. The lowest BCUT2D eigenvalue weighted by Crippen LogP contribution is -2.31. The van der Waals surface area contributed by atoms with Crippen LogP contribution in [-0.4, -0.2) is 21.3 Å². The summed E-state index contributed by atoms with van der Waals surface area (Å²) < 4.78 is 2.02. The second kappa shape index (κ2) is 6.54. The zero-order valence-electron chi connectivity index (χ0n) is 13.7. The van der Waals surface area contributed by atoms with E-state index in [1.165, 1.54) is 5.56 Å². The summed E-state index contributed by atoms with van der Waals surface area (Å²) in [4.78, 5) is 17.6. The third-order valence-corrected chi connectivity index (χ3v) is 4.62. The number of nitrogens with one attached hydrogen (secondary N) is 1. The summed E-state index contributed by atoms with van der Waals surface area (Å²) in [5.41, 5.74) is 4.36. The average Bonchev–Trinajstić information content (AvgIpc) is 3.09. The van der Waals surface area contributed by atoms with Gasteiger partial charge in [-0.15, -0.1) is 11.3 Å². The van der Waals surface area contributed by atoms with E-state index < -0.39 is 0 Å². The van der Waals surface area contributed by atoms with E-state index in [1.807, 2.05) is 29.8 Å². The number of fused-ring (bicyclic) bond motifs is 1. The van der Waals surface area contributed by atoms with E-state index in [0.717, 1.165) is 28.3 Å². The maximum Gasteiger partial charge on any atom is 0.226 e. The van der Waals surface area contributed by atoms with E-state index in [4.69, 9.17) is 0 Å². The quantitative estimate of drug-likeness (QED) is 0.777. The highest BCUT2D eigenvalue weighted by Gasteiger charge is 2.13. The number of benzene rings is 1. The van der Waals surface area contributed by atoms with Gasteiger partial charge in [0.05, 0.1) is 12.1 Å². The molecule has 3 aromatic rings. The number of carbonyl (C=O) groups excluding carboxylic acids is 1. The van der Waals surface area contributed by atoms with Crippen molar-refractivity contribution in [2.24, 2.45) is 0 Å². The van der Waals surface area contributed by atoms with E-state index in [1.54, 1.807) is 11.3 Å². The van der Waals surface area contributed by atoms with Gasteiger partial charge in [0.25, 0.3) is 0 Å². The van der Waals surface area contributed by atoms with Crippen LogP contribution in [0.4, 0.5) is 0 Å². The Hall–Kier alpha value is -2.14. The fraction of sp³-hybridized carbons (Fsp3) is 0.333. The van der Waals surface area contributed by atoms with Gasteiger partial charge in [0.15, 0.2) is 4.96 Å². The standard InChI is InChI=1S/C18H21N3OS/c1-4-13-5-7-14(8-6-13)16-10-21-15(11-23-18(21)20-16)9-17(22)19-12(2)3/h5-8,10-12H,4,9H2,1-3H3,(H,19,22). The van der Waals surface area contributed by atoms with Crippen LogP contribution in [0, 0.1) is 0 Å². The monoisotopic (exact) mass is 327 g/mol. The summed E-state index contributed by atoms with van der Waals surface area (Å²) >= 11 is 1.57. The van der Waals surface area contributed by atoms with Gasteiger partial charge >= 0.3 is 0 Å². The number of thiazole rings is 1. The van der Waals surface area contributed by atoms with E-state index in [9.17, 15) is 4.79 Å². The highest BCUT2D eigenvalue weighted by molar-refractivity contribution is 7.15. The maximum atomic E-state index is 12.0. The molecule has 1 amide bonds. The molecule has 0 saturated heterocycles. The predicted molar refractivity (Wildman–Crippen MR) is 94.9 cm³/mol. The van der Waals surface area contributed by atoms with Gasteiger partial charge in [0, 0.05) is 28.9 Å². The highest BCUT2D eigenvalue weighted by Crippen LogP contribution is 2.24. The minimum absolute atomic E-state index is 0.0437. The molecule has 0 spiro atoms. The van der Waals surface area contributed by atoms with Crippen molar-refractivity contribution in [1.82, 2.24) is 14.7 Å². The van der Waals surface area contributed by atoms with Gasteiger partial charge in [-0.1, -0.05) is 31.2 Å². The molecule has 4 nitrogen and oxygen atoms in total. The molecule has 2 heterocycles. The second-order valence-electron chi connectivity index (χ2n) is 5.96. The molecular weight excluding hydrogens is 306 g/mol. The van der Waals surface area contributed by atoms with E-state index in [0.29, 0.717) is 6.42 Å². The fourth-order valence-electron chi connectivity index (χ4n) is 2.54. The summed E-state index contributed by atoms with van der Waals surface area (Å²) in [6.07, 6.45) is 3.43. The Kier molecular flexibility index (Phi) is 4.48. The summed E-state index contributed by atoms with van der Waals surface area (Å²) in [7, 11) is 0. The summed E-state index contributed by atoms with van der Waals surface area (Å²) in [6.45, 7) is 6.09. The van der Waals surface area contributed by atoms with Gasteiger partial charge in [-0.05, 0) is 25.8 Å². The van der Waals surface area contributed by atoms with Crippen molar-refractivity contribution >= 4 is 22.2 Å². The Morgan fingerprint density at radius 1 is 1.30 bits per heavy atom. The Morgan fingerprint density at radius 3 is 2.70 bits per heavy atom. The number of aryl methyl sites for hydroxylation is 1. The molecule has 3 rings (SSSR count). The maximum absolute atomic E-state index is 12.0. The molecule has 1 aromatic carbocycles. The van der Waals surface area contributed by atoms with Crippen LogP contribution in [0.3, 0.4) is 0 Å². The Bertz CT molecular complexity index is 815. The van der Waals surface area contributed by atoms with E-state index in [-0.39, 0.29) is 11.9 Å². The number of carbonyl (C=O) groups is 1. The molecule has 0 aliphatic carbocycles. The van der Waals surface area contributed by atoms with Crippen LogP contribution in [0.1, 0.15) is 32.0 Å². The first kappa shape index (κ1) is 15.7. The van der Waals surface area contributed by atoms with Crippen LogP contribution in [0.15, 0.2) is 35.8 Å². The van der Waals surface area contributed by atoms with Crippen molar-refractivity contribution in [2.45, 2.75) is 39.7 Å². The Balaban J connectivity index is 1.86. The first-order chi connectivity index (χ1) is 11.1. The third kappa shape index (κ3) is 3.45. The normalized spacial score (nSPS) is 11.3. The van der Waals surface area contributed by atoms with Gasteiger partial charge in [-0.3, -0.25) is 9.20 Å². The summed E-state index contributed by atoms with van der Waals surface area (Å²) in [5.74, 6) is 0.0437. The van der Waals surface area contributed by atoms with Gasteiger partial charge in [-0.25, -0.2) is 4.98 Å². The average molecular weight is 327 g/mol. The van der Waals surface area contributed by atoms with Crippen LogP contribution >= 0.6 is 11.3 Å². The first-order valence-corrected chi connectivity index (χ1v) is 8.79. The molecule has 0 unspecified atom stereocenters. The smallest absolute Gasteiger partial charge is 0.226 e. The number of aromatic nitrogens is 2. The molecule has 2 aromatic heterocycles. The van der Waals surface area contributed by atoms with Crippen molar-refractivity contribution < 1.29 is 4.79 Å². The van der Waals surface area contributed by atoms with Crippen molar-refractivity contribution in [3.63, 3.8) is 0 Å². The molecule has 0 aliphatic heterocycles. The molecule has 0 bridgehead atoms. The van der Waals surface area contributed by atoms with Crippen molar-refractivity contribution in [3.05, 3.63) is 47.1 Å². The molecular formula is C18H21N3OS. The molecule has 0 fully saturated rings. The summed E-state index contributed by atoms with van der Waals surface area (Å²) in [6, 6.07) is 8.65. The topological polar surface area (TPSA) is 46.4 Å². The van der Waals surface area contributed by atoms with Crippen LogP contribution in [0.2, 0.25) is 0 Å². The number of nitrogens with zero attached hydrogens (tertiary/aromatic N) is 2. The van der Waals surface area contributed by atoms with Crippen molar-refractivity contribution in [1.29, 1.82) is 0 Å².